The summed E-state index contributed by atoms with van der Waals surface area (Å²) >= 11 is 5.77. The van der Waals surface area contributed by atoms with E-state index < -0.39 is 12.0 Å². The standard InChI is InChI=1S/C10H11ClN2O2/c11-7-3-1-6(2-4-7)8-5-9(10(14)15)13-12-8/h1-4,8-9,12-13H,5H2,(H,14,15). The van der Waals surface area contributed by atoms with Crippen molar-refractivity contribution < 1.29 is 9.90 Å². The monoisotopic (exact) mass is 226 g/mol. The predicted molar refractivity (Wildman–Crippen MR) is 56.5 cm³/mol. The number of halogens is 1. The van der Waals surface area contributed by atoms with E-state index in [9.17, 15) is 4.79 Å². The van der Waals surface area contributed by atoms with E-state index >= 15 is 0 Å². The van der Waals surface area contributed by atoms with Crippen LogP contribution in [0.3, 0.4) is 0 Å². The van der Waals surface area contributed by atoms with Crippen LogP contribution in [0.1, 0.15) is 18.0 Å². The number of carboxylic acids is 1. The first-order valence-electron chi connectivity index (χ1n) is 4.66. The van der Waals surface area contributed by atoms with E-state index in [0.717, 1.165) is 5.56 Å². The van der Waals surface area contributed by atoms with Crippen molar-refractivity contribution >= 4 is 17.6 Å². The van der Waals surface area contributed by atoms with Crippen molar-refractivity contribution in [2.24, 2.45) is 0 Å². The molecule has 1 aliphatic heterocycles. The normalized spacial score (nSPS) is 25.4. The van der Waals surface area contributed by atoms with Gasteiger partial charge < -0.3 is 5.11 Å². The number of carbonyl (C=O) groups is 1. The average molecular weight is 227 g/mol. The smallest absolute Gasteiger partial charge is 0.322 e. The van der Waals surface area contributed by atoms with Gasteiger partial charge in [0.25, 0.3) is 0 Å². The maximum absolute atomic E-state index is 10.7. The van der Waals surface area contributed by atoms with Crippen molar-refractivity contribution in [2.75, 3.05) is 0 Å². The second kappa shape index (κ2) is 4.18. The van der Waals surface area contributed by atoms with E-state index in [1.54, 1.807) is 12.1 Å². The van der Waals surface area contributed by atoms with Gasteiger partial charge >= 0.3 is 5.97 Å². The SMILES string of the molecule is O=C(O)C1CC(c2ccc(Cl)cc2)NN1. The van der Waals surface area contributed by atoms with E-state index in [0.29, 0.717) is 11.4 Å². The van der Waals surface area contributed by atoms with E-state index in [1.165, 1.54) is 0 Å². The van der Waals surface area contributed by atoms with Gasteiger partial charge in [-0.15, -0.1) is 0 Å². The van der Waals surface area contributed by atoms with Gasteiger partial charge in [0.2, 0.25) is 0 Å². The molecule has 1 aliphatic rings. The molecule has 3 N–H and O–H groups in total. The number of nitrogens with one attached hydrogen (secondary N) is 2. The van der Waals surface area contributed by atoms with Crippen molar-refractivity contribution in [3.05, 3.63) is 34.9 Å². The number of carboxylic acid groups (broad SMARTS) is 1. The molecular formula is C10H11ClN2O2. The summed E-state index contributed by atoms with van der Waals surface area (Å²) < 4.78 is 0. The predicted octanol–water partition coefficient (Wildman–Crippen LogP) is 1.33. The lowest BCUT2D eigenvalue weighted by molar-refractivity contribution is -0.139. The second-order valence-corrected chi connectivity index (χ2v) is 3.96. The van der Waals surface area contributed by atoms with Gasteiger partial charge in [0.05, 0.1) is 0 Å². The number of hydrogen-bond donors (Lipinski definition) is 3. The molecule has 1 aromatic carbocycles. The highest BCUT2D eigenvalue weighted by Gasteiger charge is 2.29. The van der Waals surface area contributed by atoms with Crippen LogP contribution in [0.2, 0.25) is 5.02 Å². The molecule has 0 saturated carbocycles. The molecule has 2 rings (SSSR count). The van der Waals surface area contributed by atoms with Gasteiger partial charge in [-0.05, 0) is 24.1 Å². The molecule has 2 unspecified atom stereocenters. The molecule has 1 fully saturated rings. The lowest BCUT2D eigenvalue weighted by Gasteiger charge is -2.08. The van der Waals surface area contributed by atoms with Gasteiger partial charge in [-0.25, -0.2) is 10.9 Å². The fourth-order valence-electron chi connectivity index (χ4n) is 1.63. The molecule has 1 aromatic rings. The topological polar surface area (TPSA) is 61.4 Å². The molecule has 0 aromatic heterocycles. The third kappa shape index (κ3) is 2.28. The summed E-state index contributed by atoms with van der Waals surface area (Å²) in [7, 11) is 0. The number of benzene rings is 1. The zero-order valence-electron chi connectivity index (χ0n) is 7.90. The minimum absolute atomic E-state index is 0.0309. The average Bonchev–Trinajstić information content (AvgIpc) is 2.68. The molecule has 80 valence electrons. The van der Waals surface area contributed by atoms with Crippen LogP contribution in [-0.4, -0.2) is 17.1 Å². The summed E-state index contributed by atoms with van der Waals surface area (Å²) in [4.78, 5) is 10.7. The van der Waals surface area contributed by atoms with Gasteiger partial charge in [-0.3, -0.25) is 4.79 Å². The highest BCUT2D eigenvalue weighted by molar-refractivity contribution is 6.30. The Morgan fingerprint density at radius 1 is 1.33 bits per heavy atom. The number of aliphatic carboxylic acids is 1. The minimum Gasteiger partial charge on any atom is -0.480 e. The molecule has 2 atom stereocenters. The van der Waals surface area contributed by atoms with Crippen LogP contribution in [0.5, 0.6) is 0 Å². The van der Waals surface area contributed by atoms with Crippen LogP contribution in [-0.2, 0) is 4.79 Å². The van der Waals surface area contributed by atoms with Gasteiger partial charge in [0.15, 0.2) is 0 Å². The number of hydrazine groups is 1. The van der Waals surface area contributed by atoms with Crippen LogP contribution in [0.4, 0.5) is 0 Å². The Morgan fingerprint density at radius 3 is 2.53 bits per heavy atom. The Bertz CT molecular complexity index is 366. The van der Waals surface area contributed by atoms with E-state index in [-0.39, 0.29) is 6.04 Å². The molecule has 0 bridgehead atoms. The summed E-state index contributed by atoms with van der Waals surface area (Å²) in [6.07, 6.45) is 0.539. The molecule has 0 spiro atoms. The van der Waals surface area contributed by atoms with Gasteiger partial charge in [0.1, 0.15) is 6.04 Å². The van der Waals surface area contributed by atoms with Crippen molar-refractivity contribution in [3.8, 4) is 0 Å². The van der Waals surface area contributed by atoms with Crippen LogP contribution in [0, 0.1) is 0 Å². The van der Waals surface area contributed by atoms with Crippen LogP contribution in [0.25, 0.3) is 0 Å². The fraction of sp³-hybridized carbons (Fsp3) is 0.300. The molecular weight excluding hydrogens is 216 g/mol. The Balaban J connectivity index is 2.07. The van der Waals surface area contributed by atoms with Gasteiger partial charge in [-0.1, -0.05) is 23.7 Å². The number of rotatable bonds is 2. The van der Waals surface area contributed by atoms with Gasteiger partial charge in [-0.2, -0.15) is 0 Å². The summed E-state index contributed by atoms with van der Waals surface area (Å²) in [5.74, 6) is -0.834. The lowest BCUT2D eigenvalue weighted by Crippen LogP contribution is -2.36. The van der Waals surface area contributed by atoms with Crippen molar-refractivity contribution in [1.82, 2.24) is 10.9 Å². The Kier molecular flexibility index (Phi) is 2.90. The Hall–Kier alpha value is -1.10. The van der Waals surface area contributed by atoms with E-state index in [1.807, 2.05) is 12.1 Å². The highest BCUT2D eigenvalue weighted by atomic mass is 35.5. The maximum atomic E-state index is 10.7. The quantitative estimate of drug-likeness (QED) is 0.712. The van der Waals surface area contributed by atoms with E-state index in [4.69, 9.17) is 16.7 Å². The molecule has 5 heteroatoms. The fourth-order valence-corrected chi connectivity index (χ4v) is 1.76. The summed E-state index contributed by atoms with van der Waals surface area (Å²) in [6, 6.07) is 6.89. The van der Waals surface area contributed by atoms with Crippen LogP contribution in [0.15, 0.2) is 24.3 Å². The molecule has 0 radical (unpaired) electrons. The first-order chi connectivity index (χ1) is 7.16. The van der Waals surface area contributed by atoms with Crippen LogP contribution < -0.4 is 10.9 Å². The molecule has 0 amide bonds. The van der Waals surface area contributed by atoms with Crippen LogP contribution >= 0.6 is 11.6 Å². The zero-order valence-corrected chi connectivity index (χ0v) is 8.66. The minimum atomic E-state index is -0.834. The Morgan fingerprint density at radius 2 is 2.00 bits per heavy atom. The molecule has 4 nitrogen and oxygen atoms in total. The lowest BCUT2D eigenvalue weighted by atomic mass is 10.0. The number of hydrogen-bond acceptors (Lipinski definition) is 3. The first kappa shape index (κ1) is 10.4. The summed E-state index contributed by atoms with van der Waals surface area (Å²) in [6.45, 7) is 0. The van der Waals surface area contributed by atoms with Crippen molar-refractivity contribution in [2.45, 2.75) is 18.5 Å². The Labute approximate surface area is 92.2 Å². The molecule has 1 saturated heterocycles. The van der Waals surface area contributed by atoms with E-state index in [2.05, 4.69) is 10.9 Å². The largest absolute Gasteiger partial charge is 0.480 e. The molecule has 15 heavy (non-hydrogen) atoms. The van der Waals surface area contributed by atoms with Crippen molar-refractivity contribution in [1.29, 1.82) is 0 Å². The summed E-state index contributed by atoms with van der Waals surface area (Å²) in [5, 5.41) is 9.48. The van der Waals surface area contributed by atoms with Gasteiger partial charge in [0, 0.05) is 11.1 Å². The maximum Gasteiger partial charge on any atom is 0.322 e. The summed E-state index contributed by atoms with van der Waals surface area (Å²) in [5.41, 5.74) is 6.72. The third-order valence-electron chi connectivity index (χ3n) is 2.47. The first-order valence-corrected chi connectivity index (χ1v) is 5.04. The highest BCUT2D eigenvalue weighted by Crippen LogP contribution is 2.23. The zero-order chi connectivity index (χ0) is 10.8. The molecule has 1 heterocycles. The van der Waals surface area contributed by atoms with Crippen molar-refractivity contribution in [3.63, 3.8) is 0 Å². The second-order valence-electron chi connectivity index (χ2n) is 3.52. The third-order valence-corrected chi connectivity index (χ3v) is 2.73. The molecule has 0 aliphatic carbocycles.